The van der Waals surface area contributed by atoms with Crippen LogP contribution in [0.4, 0.5) is 13.2 Å². The third-order valence-corrected chi connectivity index (χ3v) is 3.06. The Bertz CT molecular complexity index is 466. The lowest BCUT2D eigenvalue weighted by atomic mass is 10.0. The van der Waals surface area contributed by atoms with Gasteiger partial charge in [-0.1, -0.05) is 20.8 Å². The van der Waals surface area contributed by atoms with E-state index in [1.54, 1.807) is 13.8 Å². The molecule has 0 fully saturated rings. The van der Waals surface area contributed by atoms with Gasteiger partial charge in [0.15, 0.2) is 0 Å². The maximum Gasteiger partial charge on any atom is 0.391 e. The first-order valence-electron chi connectivity index (χ1n) is 6.58. The average molecular weight is 291 g/mol. The molecule has 0 bridgehead atoms. The minimum absolute atomic E-state index is 0.0170. The van der Waals surface area contributed by atoms with Gasteiger partial charge in [-0.3, -0.25) is 9.89 Å². The van der Waals surface area contributed by atoms with Gasteiger partial charge >= 0.3 is 6.18 Å². The summed E-state index contributed by atoms with van der Waals surface area (Å²) in [6, 6.07) is -0.920. The van der Waals surface area contributed by atoms with Crippen molar-refractivity contribution < 1.29 is 18.0 Å². The second-order valence-corrected chi connectivity index (χ2v) is 5.16. The Balaban J connectivity index is 2.87. The Morgan fingerprint density at radius 3 is 2.45 bits per heavy atom. The summed E-state index contributed by atoms with van der Waals surface area (Å²) in [6.07, 6.45) is -5.09. The van der Waals surface area contributed by atoms with Crippen LogP contribution in [0, 0.1) is 6.92 Å². The van der Waals surface area contributed by atoms with Crippen LogP contribution in [-0.2, 0) is 0 Å². The van der Waals surface area contributed by atoms with E-state index in [0.717, 1.165) is 0 Å². The number of aromatic amines is 1. The highest BCUT2D eigenvalue weighted by Crippen LogP contribution is 2.24. The molecule has 0 saturated heterocycles. The minimum Gasteiger partial charge on any atom is -0.349 e. The van der Waals surface area contributed by atoms with Crippen molar-refractivity contribution in [1.29, 1.82) is 0 Å². The van der Waals surface area contributed by atoms with Crippen molar-refractivity contribution in [2.75, 3.05) is 0 Å². The standard InChI is InChI=1S/C13H20F3N3O/c1-5-9(6-13(14,15)16)17-12(20)10-8(4)18-19-11(10)7(2)3/h7,9H,5-6H2,1-4H3,(H,17,20)(H,18,19)/t9-/m0/s1. The first-order chi connectivity index (χ1) is 9.15. The molecule has 1 atom stereocenters. The predicted molar refractivity (Wildman–Crippen MR) is 69.6 cm³/mol. The topological polar surface area (TPSA) is 57.8 Å². The van der Waals surface area contributed by atoms with E-state index in [1.165, 1.54) is 0 Å². The zero-order chi connectivity index (χ0) is 15.5. The maximum atomic E-state index is 12.4. The Kier molecular flexibility index (Phi) is 5.19. The van der Waals surface area contributed by atoms with Gasteiger partial charge in [0.1, 0.15) is 0 Å². The van der Waals surface area contributed by atoms with Gasteiger partial charge < -0.3 is 5.32 Å². The number of nitrogens with one attached hydrogen (secondary N) is 2. The lowest BCUT2D eigenvalue weighted by Crippen LogP contribution is -2.38. The van der Waals surface area contributed by atoms with E-state index >= 15 is 0 Å². The third-order valence-electron chi connectivity index (χ3n) is 3.06. The Morgan fingerprint density at radius 2 is 2.00 bits per heavy atom. The second-order valence-electron chi connectivity index (χ2n) is 5.16. The molecule has 0 aliphatic rings. The summed E-state index contributed by atoms with van der Waals surface area (Å²) in [4.78, 5) is 12.2. The summed E-state index contributed by atoms with van der Waals surface area (Å²) < 4.78 is 37.2. The summed E-state index contributed by atoms with van der Waals surface area (Å²) in [5.74, 6) is -0.487. The van der Waals surface area contributed by atoms with Crippen LogP contribution in [0.5, 0.6) is 0 Å². The summed E-state index contributed by atoms with van der Waals surface area (Å²) in [6.45, 7) is 7.04. The average Bonchev–Trinajstić information content (AvgIpc) is 2.68. The molecule has 0 saturated carbocycles. The van der Waals surface area contributed by atoms with E-state index < -0.39 is 24.5 Å². The van der Waals surface area contributed by atoms with E-state index in [4.69, 9.17) is 0 Å². The van der Waals surface area contributed by atoms with Crippen LogP contribution < -0.4 is 5.32 Å². The second kappa shape index (κ2) is 6.28. The fraction of sp³-hybridized carbons (Fsp3) is 0.692. The first-order valence-corrected chi connectivity index (χ1v) is 6.58. The number of rotatable bonds is 5. The number of alkyl halides is 3. The van der Waals surface area contributed by atoms with Crippen LogP contribution in [0.15, 0.2) is 0 Å². The number of carbonyl (C=O) groups excluding carboxylic acids is 1. The highest BCUT2D eigenvalue weighted by molar-refractivity contribution is 5.96. The van der Waals surface area contributed by atoms with Crippen LogP contribution in [0.2, 0.25) is 0 Å². The molecule has 2 N–H and O–H groups in total. The summed E-state index contributed by atoms with van der Waals surface area (Å²) in [5, 5.41) is 9.18. The third kappa shape index (κ3) is 4.25. The Hall–Kier alpha value is -1.53. The van der Waals surface area contributed by atoms with E-state index in [-0.39, 0.29) is 12.3 Å². The zero-order valence-corrected chi connectivity index (χ0v) is 12.1. The van der Waals surface area contributed by atoms with Crippen molar-refractivity contribution in [2.24, 2.45) is 0 Å². The van der Waals surface area contributed by atoms with E-state index in [2.05, 4.69) is 15.5 Å². The van der Waals surface area contributed by atoms with Crippen molar-refractivity contribution in [3.05, 3.63) is 17.0 Å². The van der Waals surface area contributed by atoms with Gasteiger partial charge in [0.2, 0.25) is 0 Å². The Labute approximate surface area is 116 Å². The van der Waals surface area contributed by atoms with Crippen LogP contribution >= 0.6 is 0 Å². The molecule has 1 amide bonds. The molecule has 1 aromatic rings. The number of hydrogen-bond donors (Lipinski definition) is 2. The number of amides is 1. The number of carbonyl (C=O) groups is 1. The molecule has 1 rings (SSSR count). The molecular weight excluding hydrogens is 271 g/mol. The fourth-order valence-corrected chi connectivity index (χ4v) is 1.99. The molecule has 0 aliphatic carbocycles. The number of H-pyrrole nitrogens is 1. The smallest absolute Gasteiger partial charge is 0.349 e. The maximum absolute atomic E-state index is 12.4. The Morgan fingerprint density at radius 1 is 1.40 bits per heavy atom. The molecule has 0 radical (unpaired) electrons. The quantitative estimate of drug-likeness (QED) is 0.874. The highest BCUT2D eigenvalue weighted by atomic mass is 19.4. The van der Waals surface area contributed by atoms with Crippen LogP contribution in [0.1, 0.15) is 61.3 Å². The molecule has 114 valence electrons. The number of aryl methyl sites for hydroxylation is 1. The zero-order valence-electron chi connectivity index (χ0n) is 12.1. The van der Waals surface area contributed by atoms with E-state index in [1.807, 2.05) is 13.8 Å². The summed E-state index contributed by atoms with van der Waals surface area (Å²) in [5.41, 5.74) is 1.48. The minimum atomic E-state index is -4.29. The first kappa shape index (κ1) is 16.5. The van der Waals surface area contributed by atoms with Gasteiger partial charge in [0.05, 0.1) is 17.7 Å². The molecule has 0 aromatic carbocycles. The molecule has 0 spiro atoms. The molecule has 1 heterocycles. The van der Waals surface area contributed by atoms with E-state index in [0.29, 0.717) is 17.0 Å². The molecule has 0 aliphatic heterocycles. The van der Waals surface area contributed by atoms with Crippen LogP contribution in [0.3, 0.4) is 0 Å². The number of hydrogen-bond acceptors (Lipinski definition) is 2. The van der Waals surface area contributed by atoms with Crippen molar-refractivity contribution >= 4 is 5.91 Å². The predicted octanol–water partition coefficient (Wildman–Crippen LogP) is 3.30. The van der Waals surface area contributed by atoms with Crippen molar-refractivity contribution in [1.82, 2.24) is 15.5 Å². The number of nitrogens with zero attached hydrogens (tertiary/aromatic N) is 1. The molecule has 4 nitrogen and oxygen atoms in total. The van der Waals surface area contributed by atoms with Crippen molar-refractivity contribution in [3.63, 3.8) is 0 Å². The van der Waals surface area contributed by atoms with E-state index in [9.17, 15) is 18.0 Å². The van der Waals surface area contributed by atoms with Gasteiger partial charge in [0, 0.05) is 11.7 Å². The lowest BCUT2D eigenvalue weighted by molar-refractivity contribution is -0.139. The number of halogens is 3. The molecule has 7 heteroatoms. The molecule has 1 aromatic heterocycles. The van der Waals surface area contributed by atoms with Crippen molar-refractivity contribution in [3.8, 4) is 0 Å². The molecule has 0 unspecified atom stereocenters. The highest BCUT2D eigenvalue weighted by Gasteiger charge is 2.32. The van der Waals surface area contributed by atoms with Gasteiger partial charge in [-0.15, -0.1) is 0 Å². The van der Waals surface area contributed by atoms with Gasteiger partial charge in [-0.25, -0.2) is 0 Å². The molecular formula is C13H20F3N3O. The van der Waals surface area contributed by atoms with Crippen LogP contribution in [-0.4, -0.2) is 28.3 Å². The number of aromatic nitrogens is 2. The monoisotopic (exact) mass is 291 g/mol. The fourth-order valence-electron chi connectivity index (χ4n) is 1.99. The lowest BCUT2D eigenvalue weighted by Gasteiger charge is -2.19. The molecule has 20 heavy (non-hydrogen) atoms. The van der Waals surface area contributed by atoms with Gasteiger partial charge in [-0.2, -0.15) is 18.3 Å². The largest absolute Gasteiger partial charge is 0.391 e. The SMILES string of the molecule is CC[C@@H](CC(F)(F)F)NC(=O)c1c(C(C)C)n[nH]c1C. The van der Waals surface area contributed by atoms with Gasteiger partial charge in [0.25, 0.3) is 5.91 Å². The summed E-state index contributed by atoms with van der Waals surface area (Å²) in [7, 11) is 0. The van der Waals surface area contributed by atoms with Crippen LogP contribution in [0.25, 0.3) is 0 Å². The normalized spacial score (nSPS) is 13.6. The summed E-state index contributed by atoms with van der Waals surface area (Å²) >= 11 is 0. The van der Waals surface area contributed by atoms with Gasteiger partial charge in [-0.05, 0) is 19.3 Å². The van der Waals surface area contributed by atoms with Crippen molar-refractivity contribution in [2.45, 2.75) is 58.7 Å².